The van der Waals surface area contributed by atoms with Crippen LogP contribution in [-0.4, -0.2) is 29.9 Å². The number of carbonyl (C=O) groups is 1. The van der Waals surface area contributed by atoms with E-state index in [1.165, 1.54) is 48.6 Å². The standard InChI is InChI=1S/C23H25FN2O/c24-22-7-2-1-4-18(22)9-11-23(27)25-20-10-8-17-12-14-26(21-5-3-6-21)15-13-19(17)16-20/h1-2,4,7-11,16,21H,3,5-6,12-15H2,(H,25,27). The Hall–Kier alpha value is -2.46. The predicted molar refractivity (Wildman–Crippen MR) is 107 cm³/mol. The molecular formula is C23H25FN2O. The van der Waals surface area contributed by atoms with Gasteiger partial charge in [-0.25, -0.2) is 4.39 Å². The summed E-state index contributed by atoms with van der Waals surface area (Å²) < 4.78 is 13.6. The number of anilines is 1. The molecule has 4 rings (SSSR count). The summed E-state index contributed by atoms with van der Waals surface area (Å²) in [6, 6.07) is 13.4. The van der Waals surface area contributed by atoms with Crippen molar-refractivity contribution in [2.24, 2.45) is 0 Å². The van der Waals surface area contributed by atoms with E-state index in [0.717, 1.165) is 37.7 Å². The normalized spacial score (nSPS) is 18.0. The number of hydrogen-bond acceptors (Lipinski definition) is 2. The van der Waals surface area contributed by atoms with Crippen LogP contribution in [0.5, 0.6) is 0 Å². The Morgan fingerprint density at radius 1 is 1.07 bits per heavy atom. The first-order valence-electron chi connectivity index (χ1n) is 9.78. The van der Waals surface area contributed by atoms with Gasteiger partial charge in [-0.15, -0.1) is 0 Å². The fourth-order valence-corrected chi connectivity index (χ4v) is 3.90. The van der Waals surface area contributed by atoms with Gasteiger partial charge in [0.15, 0.2) is 0 Å². The van der Waals surface area contributed by atoms with E-state index < -0.39 is 0 Å². The fraction of sp³-hybridized carbons (Fsp3) is 0.348. The van der Waals surface area contributed by atoms with E-state index in [1.54, 1.807) is 18.2 Å². The SMILES string of the molecule is O=C(C=Cc1ccccc1F)Nc1ccc2c(c1)CCN(C1CCC1)CC2. The maximum Gasteiger partial charge on any atom is 0.248 e. The Labute approximate surface area is 159 Å². The molecule has 1 aliphatic carbocycles. The second-order valence-corrected chi connectivity index (χ2v) is 7.45. The van der Waals surface area contributed by atoms with E-state index in [9.17, 15) is 9.18 Å². The van der Waals surface area contributed by atoms with Crippen LogP contribution >= 0.6 is 0 Å². The Morgan fingerprint density at radius 2 is 1.85 bits per heavy atom. The maximum absolute atomic E-state index is 13.6. The topological polar surface area (TPSA) is 32.3 Å². The molecule has 0 atom stereocenters. The van der Waals surface area contributed by atoms with Crippen LogP contribution in [0.2, 0.25) is 0 Å². The number of rotatable bonds is 4. The van der Waals surface area contributed by atoms with Crippen molar-refractivity contribution in [2.75, 3.05) is 18.4 Å². The molecule has 3 nitrogen and oxygen atoms in total. The third-order valence-electron chi connectivity index (χ3n) is 5.72. The molecule has 1 heterocycles. The highest BCUT2D eigenvalue weighted by Crippen LogP contribution is 2.28. The number of fused-ring (bicyclic) bond motifs is 1. The molecule has 0 radical (unpaired) electrons. The summed E-state index contributed by atoms with van der Waals surface area (Å²) in [5, 5.41) is 2.90. The smallest absolute Gasteiger partial charge is 0.248 e. The van der Waals surface area contributed by atoms with Crippen molar-refractivity contribution in [3.05, 3.63) is 71.0 Å². The number of hydrogen-bond donors (Lipinski definition) is 1. The van der Waals surface area contributed by atoms with Crippen molar-refractivity contribution in [3.63, 3.8) is 0 Å². The number of benzene rings is 2. The van der Waals surface area contributed by atoms with E-state index in [4.69, 9.17) is 0 Å². The van der Waals surface area contributed by atoms with Crippen molar-refractivity contribution < 1.29 is 9.18 Å². The summed E-state index contributed by atoms with van der Waals surface area (Å²) in [5.41, 5.74) is 3.92. The minimum atomic E-state index is -0.331. The second-order valence-electron chi connectivity index (χ2n) is 7.45. The lowest BCUT2D eigenvalue weighted by Crippen LogP contribution is -2.41. The van der Waals surface area contributed by atoms with Crippen LogP contribution in [0.25, 0.3) is 6.08 Å². The minimum absolute atomic E-state index is 0.247. The van der Waals surface area contributed by atoms with Crippen LogP contribution in [0.3, 0.4) is 0 Å². The molecule has 0 spiro atoms. The molecule has 0 bridgehead atoms. The molecule has 2 aromatic carbocycles. The molecule has 2 aromatic rings. The molecule has 1 N–H and O–H groups in total. The monoisotopic (exact) mass is 364 g/mol. The van der Waals surface area contributed by atoms with Gasteiger partial charge < -0.3 is 5.32 Å². The third kappa shape index (κ3) is 4.28. The third-order valence-corrected chi connectivity index (χ3v) is 5.72. The molecular weight excluding hydrogens is 339 g/mol. The highest BCUT2D eigenvalue weighted by Gasteiger charge is 2.26. The molecule has 2 aliphatic rings. The van der Waals surface area contributed by atoms with E-state index in [1.807, 2.05) is 6.07 Å². The van der Waals surface area contributed by atoms with Gasteiger partial charge in [-0.05, 0) is 61.1 Å². The summed E-state index contributed by atoms with van der Waals surface area (Å²) in [5.74, 6) is -0.578. The fourth-order valence-electron chi connectivity index (χ4n) is 3.90. The summed E-state index contributed by atoms with van der Waals surface area (Å²) in [6.07, 6.45) is 9.03. The number of halogens is 1. The van der Waals surface area contributed by atoms with Crippen LogP contribution in [-0.2, 0) is 17.6 Å². The lowest BCUT2D eigenvalue weighted by Gasteiger charge is -2.36. The summed E-state index contributed by atoms with van der Waals surface area (Å²) in [4.78, 5) is 14.8. The lowest BCUT2D eigenvalue weighted by atomic mass is 9.91. The molecule has 0 saturated heterocycles. The van der Waals surface area contributed by atoms with Gasteiger partial charge in [-0.1, -0.05) is 30.7 Å². The molecule has 4 heteroatoms. The zero-order chi connectivity index (χ0) is 18.6. The molecule has 1 aliphatic heterocycles. The maximum atomic E-state index is 13.6. The highest BCUT2D eigenvalue weighted by atomic mass is 19.1. The molecule has 140 valence electrons. The Bertz CT molecular complexity index is 857. The molecule has 0 unspecified atom stereocenters. The first-order chi connectivity index (χ1) is 13.2. The van der Waals surface area contributed by atoms with Crippen LogP contribution in [0.4, 0.5) is 10.1 Å². The minimum Gasteiger partial charge on any atom is -0.323 e. The van der Waals surface area contributed by atoms with Gasteiger partial charge in [-0.2, -0.15) is 0 Å². The molecule has 1 fully saturated rings. The van der Waals surface area contributed by atoms with Crippen molar-refractivity contribution in [1.82, 2.24) is 4.90 Å². The zero-order valence-corrected chi connectivity index (χ0v) is 15.5. The summed E-state index contributed by atoms with van der Waals surface area (Å²) >= 11 is 0. The van der Waals surface area contributed by atoms with Crippen LogP contribution in [0.1, 0.15) is 36.0 Å². The van der Waals surface area contributed by atoms with Gasteiger partial charge in [0.1, 0.15) is 5.82 Å². The van der Waals surface area contributed by atoms with Gasteiger partial charge in [0.25, 0.3) is 0 Å². The van der Waals surface area contributed by atoms with Crippen LogP contribution in [0, 0.1) is 5.82 Å². The number of nitrogens with one attached hydrogen (secondary N) is 1. The van der Waals surface area contributed by atoms with Gasteiger partial charge >= 0.3 is 0 Å². The largest absolute Gasteiger partial charge is 0.323 e. The highest BCUT2D eigenvalue weighted by molar-refractivity contribution is 6.02. The predicted octanol–water partition coefficient (Wildman–Crippen LogP) is 4.43. The number of carbonyl (C=O) groups excluding carboxylic acids is 1. The van der Waals surface area contributed by atoms with Gasteiger partial charge in [0, 0.05) is 36.5 Å². The van der Waals surface area contributed by atoms with Gasteiger partial charge in [-0.3, -0.25) is 9.69 Å². The zero-order valence-electron chi connectivity index (χ0n) is 15.5. The molecule has 0 aromatic heterocycles. The van der Waals surface area contributed by atoms with Crippen molar-refractivity contribution in [3.8, 4) is 0 Å². The first-order valence-corrected chi connectivity index (χ1v) is 9.78. The Kier molecular flexibility index (Phi) is 5.35. The quantitative estimate of drug-likeness (QED) is 0.814. The average molecular weight is 364 g/mol. The lowest BCUT2D eigenvalue weighted by molar-refractivity contribution is -0.111. The summed E-state index contributed by atoms with van der Waals surface area (Å²) in [7, 11) is 0. The Morgan fingerprint density at radius 3 is 2.59 bits per heavy atom. The second kappa shape index (κ2) is 8.05. The molecule has 27 heavy (non-hydrogen) atoms. The number of amides is 1. The number of nitrogens with zero attached hydrogens (tertiary/aromatic N) is 1. The van der Waals surface area contributed by atoms with Crippen molar-refractivity contribution in [2.45, 2.75) is 38.1 Å². The van der Waals surface area contributed by atoms with Crippen LogP contribution in [0.15, 0.2) is 48.5 Å². The van der Waals surface area contributed by atoms with Crippen LogP contribution < -0.4 is 5.32 Å². The van der Waals surface area contributed by atoms with Crippen molar-refractivity contribution >= 4 is 17.7 Å². The Balaban J connectivity index is 1.40. The van der Waals surface area contributed by atoms with E-state index >= 15 is 0 Å². The van der Waals surface area contributed by atoms with E-state index in [-0.39, 0.29) is 11.7 Å². The average Bonchev–Trinajstić information content (AvgIpc) is 2.82. The summed E-state index contributed by atoms with van der Waals surface area (Å²) in [6.45, 7) is 2.23. The first kappa shape index (κ1) is 17.9. The van der Waals surface area contributed by atoms with Crippen molar-refractivity contribution in [1.29, 1.82) is 0 Å². The van der Waals surface area contributed by atoms with Gasteiger partial charge in [0.2, 0.25) is 5.91 Å². The van der Waals surface area contributed by atoms with E-state index in [2.05, 4.69) is 22.3 Å². The van der Waals surface area contributed by atoms with Gasteiger partial charge in [0.05, 0.1) is 0 Å². The molecule has 1 saturated carbocycles. The molecule has 1 amide bonds. The van der Waals surface area contributed by atoms with E-state index in [0.29, 0.717) is 5.56 Å².